The van der Waals surface area contributed by atoms with Crippen molar-refractivity contribution in [1.82, 2.24) is 10.2 Å². The SMILES string of the molecule is CC(C)CC(NC1CCN(C)CC1C)c1ccccc1. The van der Waals surface area contributed by atoms with Crippen LogP contribution in [0.15, 0.2) is 30.3 Å². The first kappa shape index (κ1) is 15.5. The standard InChI is InChI=1S/C18H30N2/c1-14(2)12-18(16-8-6-5-7-9-16)19-17-10-11-20(4)13-15(17)3/h5-9,14-15,17-19H,10-13H2,1-4H3. The summed E-state index contributed by atoms with van der Waals surface area (Å²) in [5.41, 5.74) is 1.44. The average molecular weight is 274 g/mol. The third kappa shape index (κ3) is 4.32. The summed E-state index contributed by atoms with van der Waals surface area (Å²) in [5.74, 6) is 1.45. The second-order valence-electron chi connectivity index (χ2n) is 6.89. The minimum absolute atomic E-state index is 0.493. The van der Waals surface area contributed by atoms with E-state index in [0.29, 0.717) is 18.0 Å². The maximum Gasteiger partial charge on any atom is 0.0325 e. The van der Waals surface area contributed by atoms with E-state index in [9.17, 15) is 0 Å². The van der Waals surface area contributed by atoms with Gasteiger partial charge in [0.15, 0.2) is 0 Å². The van der Waals surface area contributed by atoms with Crippen LogP contribution in [0.5, 0.6) is 0 Å². The molecule has 1 aromatic rings. The Balaban J connectivity index is 2.04. The van der Waals surface area contributed by atoms with Crippen molar-refractivity contribution in [1.29, 1.82) is 0 Å². The van der Waals surface area contributed by atoms with E-state index in [1.165, 1.54) is 31.5 Å². The first-order valence-electron chi connectivity index (χ1n) is 8.05. The van der Waals surface area contributed by atoms with Crippen molar-refractivity contribution in [2.75, 3.05) is 20.1 Å². The monoisotopic (exact) mass is 274 g/mol. The average Bonchev–Trinajstić information content (AvgIpc) is 2.41. The summed E-state index contributed by atoms with van der Waals surface area (Å²) in [4.78, 5) is 2.45. The van der Waals surface area contributed by atoms with E-state index in [2.05, 4.69) is 68.4 Å². The smallest absolute Gasteiger partial charge is 0.0325 e. The molecular formula is C18H30N2. The Morgan fingerprint density at radius 3 is 2.55 bits per heavy atom. The number of hydrogen-bond donors (Lipinski definition) is 1. The van der Waals surface area contributed by atoms with Crippen LogP contribution in [-0.2, 0) is 0 Å². The van der Waals surface area contributed by atoms with Gasteiger partial charge in [-0.2, -0.15) is 0 Å². The maximum atomic E-state index is 3.95. The molecule has 2 heteroatoms. The molecule has 1 aliphatic rings. The number of nitrogens with zero attached hydrogens (tertiary/aromatic N) is 1. The van der Waals surface area contributed by atoms with E-state index in [4.69, 9.17) is 0 Å². The number of hydrogen-bond acceptors (Lipinski definition) is 2. The predicted molar refractivity (Wildman–Crippen MR) is 86.8 cm³/mol. The van der Waals surface area contributed by atoms with Gasteiger partial charge in [-0.15, -0.1) is 0 Å². The Hall–Kier alpha value is -0.860. The lowest BCUT2D eigenvalue weighted by atomic mass is 9.90. The zero-order chi connectivity index (χ0) is 14.5. The molecule has 1 aliphatic heterocycles. The van der Waals surface area contributed by atoms with Crippen molar-refractivity contribution >= 4 is 0 Å². The van der Waals surface area contributed by atoms with Crippen molar-refractivity contribution in [2.45, 2.75) is 45.7 Å². The number of nitrogens with one attached hydrogen (secondary N) is 1. The van der Waals surface area contributed by atoms with Gasteiger partial charge in [-0.1, -0.05) is 51.1 Å². The van der Waals surface area contributed by atoms with Gasteiger partial charge >= 0.3 is 0 Å². The highest BCUT2D eigenvalue weighted by molar-refractivity contribution is 5.19. The molecule has 1 saturated heterocycles. The summed E-state index contributed by atoms with van der Waals surface area (Å²) < 4.78 is 0. The molecule has 2 rings (SSSR count). The largest absolute Gasteiger partial charge is 0.307 e. The molecule has 3 unspecified atom stereocenters. The van der Waals surface area contributed by atoms with Crippen molar-refractivity contribution in [3.63, 3.8) is 0 Å². The summed E-state index contributed by atoms with van der Waals surface area (Å²) in [5, 5.41) is 3.95. The van der Waals surface area contributed by atoms with Crippen LogP contribution >= 0.6 is 0 Å². The second kappa shape index (κ2) is 7.24. The molecule has 2 nitrogen and oxygen atoms in total. The summed E-state index contributed by atoms with van der Waals surface area (Å²) in [6.07, 6.45) is 2.47. The molecule has 20 heavy (non-hydrogen) atoms. The van der Waals surface area contributed by atoms with Gasteiger partial charge in [0.05, 0.1) is 0 Å². The van der Waals surface area contributed by atoms with E-state index < -0.39 is 0 Å². The van der Waals surface area contributed by atoms with Gasteiger partial charge < -0.3 is 10.2 Å². The molecule has 0 radical (unpaired) electrons. The van der Waals surface area contributed by atoms with Gasteiger partial charge in [0.2, 0.25) is 0 Å². The van der Waals surface area contributed by atoms with Crippen molar-refractivity contribution in [2.24, 2.45) is 11.8 Å². The molecule has 1 heterocycles. The third-order valence-electron chi connectivity index (χ3n) is 4.43. The Labute approximate surface area is 124 Å². The fourth-order valence-electron chi connectivity index (χ4n) is 3.32. The van der Waals surface area contributed by atoms with Crippen LogP contribution in [0.2, 0.25) is 0 Å². The fraction of sp³-hybridized carbons (Fsp3) is 0.667. The number of piperidine rings is 1. The predicted octanol–water partition coefficient (Wildman–Crippen LogP) is 3.70. The lowest BCUT2D eigenvalue weighted by molar-refractivity contribution is 0.162. The normalized spacial score (nSPS) is 25.9. The fourth-order valence-corrected chi connectivity index (χ4v) is 3.32. The molecule has 3 atom stereocenters. The lowest BCUT2D eigenvalue weighted by Crippen LogP contribution is -2.48. The topological polar surface area (TPSA) is 15.3 Å². The van der Waals surface area contributed by atoms with Crippen LogP contribution < -0.4 is 5.32 Å². The van der Waals surface area contributed by atoms with E-state index in [0.717, 1.165) is 5.92 Å². The highest BCUT2D eigenvalue weighted by Gasteiger charge is 2.26. The van der Waals surface area contributed by atoms with Gasteiger partial charge in [0.25, 0.3) is 0 Å². The molecule has 1 N–H and O–H groups in total. The molecule has 0 amide bonds. The first-order valence-corrected chi connectivity index (χ1v) is 8.05. The zero-order valence-corrected chi connectivity index (χ0v) is 13.5. The van der Waals surface area contributed by atoms with E-state index >= 15 is 0 Å². The van der Waals surface area contributed by atoms with Crippen molar-refractivity contribution in [3.8, 4) is 0 Å². The van der Waals surface area contributed by atoms with Gasteiger partial charge in [0.1, 0.15) is 0 Å². The minimum atomic E-state index is 0.493. The van der Waals surface area contributed by atoms with Gasteiger partial charge in [-0.05, 0) is 43.8 Å². The van der Waals surface area contributed by atoms with Gasteiger partial charge in [-0.25, -0.2) is 0 Å². The molecule has 0 aromatic heterocycles. The van der Waals surface area contributed by atoms with E-state index in [-0.39, 0.29) is 0 Å². The third-order valence-corrected chi connectivity index (χ3v) is 4.43. The van der Waals surface area contributed by atoms with E-state index in [1.807, 2.05) is 0 Å². The number of rotatable bonds is 5. The molecule has 0 saturated carbocycles. The molecule has 0 aliphatic carbocycles. The molecule has 0 spiro atoms. The molecule has 0 bridgehead atoms. The highest BCUT2D eigenvalue weighted by atomic mass is 15.1. The minimum Gasteiger partial charge on any atom is -0.307 e. The molecule has 1 fully saturated rings. The molecule has 112 valence electrons. The first-order chi connectivity index (χ1) is 9.56. The number of benzene rings is 1. The Morgan fingerprint density at radius 2 is 1.95 bits per heavy atom. The van der Waals surface area contributed by atoms with Crippen LogP contribution in [0.3, 0.4) is 0 Å². The zero-order valence-electron chi connectivity index (χ0n) is 13.5. The summed E-state index contributed by atoms with van der Waals surface area (Å²) in [6.45, 7) is 9.43. The van der Waals surface area contributed by atoms with Crippen LogP contribution in [0.25, 0.3) is 0 Å². The van der Waals surface area contributed by atoms with Crippen LogP contribution in [0.1, 0.15) is 45.2 Å². The van der Waals surface area contributed by atoms with Crippen LogP contribution in [0.4, 0.5) is 0 Å². The van der Waals surface area contributed by atoms with Crippen molar-refractivity contribution in [3.05, 3.63) is 35.9 Å². The quantitative estimate of drug-likeness (QED) is 0.880. The Kier molecular flexibility index (Phi) is 5.62. The number of likely N-dealkylation sites (tertiary alicyclic amines) is 1. The Bertz CT molecular complexity index is 388. The van der Waals surface area contributed by atoms with E-state index in [1.54, 1.807) is 0 Å². The summed E-state index contributed by atoms with van der Waals surface area (Å²) in [6, 6.07) is 12.1. The summed E-state index contributed by atoms with van der Waals surface area (Å²) >= 11 is 0. The van der Waals surface area contributed by atoms with Gasteiger partial charge in [-0.3, -0.25) is 0 Å². The van der Waals surface area contributed by atoms with Crippen LogP contribution in [0, 0.1) is 11.8 Å². The van der Waals surface area contributed by atoms with Gasteiger partial charge in [0, 0.05) is 18.6 Å². The maximum absolute atomic E-state index is 3.95. The lowest BCUT2D eigenvalue weighted by Gasteiger charge is -2.38. The highest BCUT2D eigenvalue weighted by Crippen LogP contribution is 2.25. The molecular weight excluding hydrogens is 244 g/mol. The van der Waals surface area contributed by atoms with Crippen molar-refractivity contribution < 1.29 is 0 Å². The molecule has 1 aromatic carbocycles. The Morgan fingerprint density at radius 1 is 1.25 bits per heavy atom. The summed E-state index contributed by atoms with van der Waals surface area (Å²) in [7, 11) is 2.23. The van der Waals surface area contributed by atoms with Crippen LogP contribution in [-0.4, -0.2) is 31.1 Å². The second-order valence-corrected chi connectivity index (χ2v) is 6.89.